The van der Waals surface area contributed by atoms with Crippen LogP contribution in [-0.2, 0) is 6.54 Å². The molecule has 0 spiro atoms. The smallest absolute Gasteiger partial charge is 0.163 e. The van der Waals surface area contributed by atoms with Gasteiger partial charge in [-0.05, 0) is 38.9 Å². The van der Waals surface area contributed by atoms with Gasteiger partial charge in [0, 0.05) is 23.7 Å². The molecule has 0 amide bonds. The summed E-state index contributed by atoms with van der Waals surface area (Å²) in [5.41, 5.74) is 0.217. The molecule has 0 aliphatic heterocycles. The Balaban J connectivity index is 2.13. The normalized spacial score (nSPS) is 17.4. The van der Waals surface area contributed by atoms with Crippen molar-refractivity contribution in [1.82, 2.24) is 4.90 Å². The Hall–Kier alpha value is -1.10. The highest BCUT2D eigenvalue weighted by Gasteiger charge is 2.32. The molecule has 0 atom stereocenters. The molecule has 0 bridgehead atoms. The van der Waals surface area contributed by atoms with Crippen molar-refractivity contribution in [2.45, 2.75) is 44.8 Å². The lowest BCUT2D eigenvalue weighted by Crippen LogP contribution is -2.38. The molecule has 1 saturated carbocycles. The third kappa shape index (κ3) is 3.96. The number of likely N-dealkylation sites (N-methyl/N-ethyl adjacent to an activating group) is 1. The van der Waals surface area contributed by atoms with Crippen LogP contribution in [0.2, 0.25) is 5.02 Å². The van der Waals surface area contributed by atoms with E-state index in [2.05, 4.69) is 0 Å². The van der Waals surface area contributed by atoms with Crippen molar-refractivity contribution in [2.24, 2.45) is 0 Å². The second-order valence-corrected chi connectivity index (χ2v) is 6.56. The number of hydrogen-bond donors (Lipinski definition) is 2. The summed E-state index contributed by atoms with van der Waals surface area (Å²) >= 11 is 6.02. The molecule has 0 aromatic heterocycles. The van der Waals surface area contributed by atoms with Crippen molar-refractivity contribution in [3.05, 3.63) is 28.3 Å². The molecule has 0 unspecified atom stereocenters. The number of carbonyl (C=O) groups is 1. The van der Waals surface area contributed by atoms with E-state index < -0.39 is 5.60 Å². The van der Waals surface area contributed by atoms with Gasteiger partial charge in [0.25, 0.3) is 0 Å². The van der Waals surface area contributed by atoms with Gasteiger partial charge >= 0.3 is 0 Å². The molecule has 0 saturated heterocycles. The molecule has 1 aliphatic rings. The zero-order chi connectivity index (χ0) is 15.6. The van der Waals surface area contributed by atoms with E-state index in [1.807, 2.05) is 11.9 Å². The number of ketones is 1. The van der Waals surface area contributed by atoms with E-state index >= 15 is 0 Å². The molecule has 4 nitrogen and oxygen atoms in total. The van der Waals surface area contributed by atoms with Gasteiger partial charge in [0.05, 0.1) is 11.2 Å². The zero-order valence-electron chi connectivity index (χ0n) is 12.5. The first-order chi connectivity index (χ1) is 9.81. The maximum atomic E-state index is 11.5. The Bertz CT molecular complexity index is 539. The average molecular weight is 312 g/mol. The summed E-state index contributed by atoms with van der Waals surface area (Å²) in [6, 6.07) is 3.14. The predicted molar refractivity (Wildman–Crippen MR) is 82.9 cm³/mol. The number of rotatable bonds is 5. The minimum Gasteiger partial charge on any atom is -0.507 e. The minimum atomic E-state index is -0.633. The number of aliphatic hydroxyl groups is 1. The molecule has 1 fully saturated rings. The summed E-state index contributed by atoms with van der Waals surface area (Å²) in [7, 11) is 1.89. The third-order valence-corrected chi connectivity index (χ3v) is 4.29. The first-order valence-electron chi connectivity index (χ1n) is 7.24. The lowest BCUT2D eigenvalue weighted by atomic mass is 10.0. The number of aromatic hydroxyl groups is 1. The molecule has 0 heterocycles. The van der Waals surface area contributed by atoms with Crippen LogP contribution in [0.1, 0.15) is 48.5 Å². The van der Waals surface area contributed by atoms with E-state index in [-0.39, 0.29) is 17.1 Å². The fourth-order valence-corrected chi connectivity index (χ4v) is 3.33. The van der Waals surface area contributed by atoms with Crippen molar-refractivity contribution in [2.75, 3.05) is 13.6 Å². The Kier molecular flexibility index (Phi) is 4.91. The predicted octanol–water partition coefficient (Wildman–Crippen LogP) is 2.99. The van der Waals surface area contributed by atoms with Crippen LogP contribution in [0.3, 0.4) is 0 Å². The molecule has 0 radical (unpaired) electrons. The van der Waals surface area contributed by atoms with Crippen LogP contribution in [0.4, 0.5) is 0 Å². The standard InChI is InChI=1S/C16H22ClNO3/c1-11(19)14-8-13(17)7-12(15(14)20)9-18(2)10-16(21)5-3-4-6-16/h7-8,20-21H,3-6,9-10H2,1-2H3. The number of phenolic OH excluding ortho intramolecular Hbond substituents is 1. The summed E-state index contributed by atoms with van der Waals surface area (Å²) in [5.74, 6) is -0.231. The van der Waals surface area contributed by atoms with Crippen molar-refractivity contribution in [1.29, 1.82) is 0 Å². The molecule has 2 N–H and O–H groups in total. The molecule has 2 rings (SSSR count). The van der Waals surface area contributed by atoms with Crippen molar-refractivity contribution >= 4 is 17.4 Å². The first kappa shape index (κ1) is 16.3. The topological polar surface area (TPSA) is 60.8 Å². The van der Waals surface area contributed by atoms with Crippen LogP contribution < -0.4 is 0 Å². The van der Waals surface area contributed by atoms with Gasteiger partial charge in [0.1, 0.15) is 5.75 Å². The zero-order valence-corrected chi connectivity index (χ0v) is 13.3. The summed E-state index contributed by atoms with van der Waals surface area (Å²) in [6.07, 6.45) is 3.75. The van der Waals surface area contributed by atoms with E-state index in [4.69, 9.17) is 11.6 Å². The third-order valence-electron chi connectivity index (χ3n) is 4.07. The minimum absolute atomic E-state index is 0.0165. The fraction of sp³-hybridized carbons (Fsp3) is 0.562. The van der Waals surface area contributed by atoms with E-state index in [1.165, 1.54) is 13.0 Å². The average Bonchev–Trinajstić information content (AvgIpc) is 2.79. The number of halogens is 1. The number of carbonyl (C=O) groups excluding carboxylic acids is 1. The van der Waals surface area contributed by atoms with Gasteiger partial charge in [0.15, 0.2) is 5.78 Å². The molecule has 1 aromatic carbocycles. The van der Waals surface area contributed by atoms with Crippen LogP contribution in [0, 0.1) is 0 Å². The quantitative estimate of drug-likeness (QED) is 0.821. The Morgan fingerprint density at radius 3 is 2.57 bits per heavy atom. The number of benzene rings is 1. The summed E-state index contributed by atoms with van der Waals surface area (Å²) < 4.78 is 0. The van der Waals surface area contributed by atoms with Crippen LogP contribution >= 0.6 is 11.6 Å². The molecule has 116 valence electrons. The van der Waals surface area contributed by atoms with E-state index in [0.29, 0.717) is 23.7 Å². The molecule has 1 aromatic rings. The van der Waals surface area contributed by atoms with Crippen molar-refractivity contribution in [3.8, 4) is 5.75 Å². The maximum Gasteiger partial charge on any atom is 0.163 e. The van der Waals surface area contributed by atoms with Gasteiger partial charge in [-0.15, -0.1) is 0 Å². The largest absolute Gasteiger partial charge is 0.507 e. The number of hydrogen-bond acceptors (Lipinski definition) is 4. The van der Waals surface area contributed by atoms with E-state index in [9.17, 15) is 15.0 Å². The second-order valence-electron chi connectivity index (χ2n) is 6.12. The first-order valence-corrected chi connectivity index (χ1v) is 7.62. The summed E-state index contributed by atoms with van der Waals surface area (Å²) in [6.45, 7) is 2.39. The van der Waals surface area contributed by atoms with Crippen LogP contribution in [0.15, 0.2) is 12.1 Å². The molecule has 1 aliphatic carbocycles. The van der Waals surface area contributed by atoms with Gasteiger partial charge in [0.2, 0.25) is 0 Å². The highest BCUT2D eigenvalue weighted by atomic mass is 35.5. The Labute approximate surface area is 130 Å². The SMILES string of the molecule is CC(=O)c1cc(Cl)cc(CN(C)CC2(O)CCCC2)c1O. The van der Waals surface area contributed by atoms with Crippen LogP contribution in [-0.4, -0.2) is 40.1 Å². The molecule has 5 heteroatoms. The number of phenols is 1. The van der Waals surface area contributed by atoms with Gasteiger partial charge in [-0.2, -0.15) is 0 Å². The summed E-state index contributed by atoms with van der Waals surface area (Å²) in [5, 5.41) is 21.0. The van der Waals surface area contributed by atoms with E-state index in [1.54, 1.807) is 6.07 Å². The van der Waals surface area contributed by atoms with Crippen LogP contribution in [0.5, 0.6) is 5.75 Å². The fourth-order valence-electron chi connectivity index (χ4n) is 3.08. The number of nitrogens with zero attached hydrogens (tertiary/aromatic N) is 1. The van der Waals surface area contributed by atoms with Gasteiger partial charge < -0.3 is 10.2 Å². The summed E-state index contributed by atoms with van der Waals surface area (Å²) in [4.78, 5) is 13.5. The Morgan fingerprint density at radius 2 is 2.00 bits per heavy atom. The Morgan fingerprint density at radius 1 is 1.38 bits per heavy atom. The van der Waals surface area contributed by atoms with Crippen LogP contribution in [0.25, 0.3) is 0 Å². The monoisotopic (exact) mass is 311 g/mol. The number of Topliss-reactive ketones (excluding diaryl/α,β-unsaturated/α-hetero) is 1. The van der Waals surface area contributed by atoms with Crippen molar-refractivity contribution < 1.29 is 15.0 Å². The van der Waals surface area contributed by atoms with Gasteiger partial charge in [-0.25, -0.2) is 0 Å². The second kappa shape index (κ2) is 6.34. The van der Waals surface area contributed by atoms with Crippen molar-refractivity contribution in [3.63, 3.8) is 0 Å². The molecular weight excluding hydrogens is 290 g/mol. The maximum absolute atomic E-state index is 11.5. The lowest BCUT2D eigenvalue weighted by Gasteiger charge is -2.28. The van der Waals surface area contributed by atoms with Gasteiger partial charge in [-0.1, -0.05) is 24.4 Å². The molecule has 21 heavy (non-hydrogen) atoms. The lowest BCUT2D eigenvalue weighted by molar-refractivity contribution is 0.0143. The van der Waals surface area contributed by atoms with Gasteiger partial charge in [-0.3, -0.25) is 9.69 Å². The highest BCUT2D eigenvalue weighted by molar-refractivity contribution is 6.31. The molecular formula is C16H22ClNO3. The van der Waals surface area contributed by atoms with E-state index in [0.717, 1.165) is 25.7 Å². The highest BCUT2D eigenvalue weighted by Crippen LogP contribution is 2.32.